The molecule has 1 atom stereocenters. The normalized spacial score (nSPS) is 14.6. The summed E-state index contributed by atoms with van der Waals surface area (Å²) in [5.74, 6) is 0.815. The summed E-state index contributed by atoms with van der Waals surface area (Å²) in [7, 11) is -3.19. The molecule has 0 saturated heterocycles. The van der Waals surface area contributed by atoms with Crippen molar-refractivity contribution in [2.24, 2.45) is 0 Å². The van der Waals surface area contributed by atoms with Gasteiger partial charge in [-0.1, -0.05) is 6.92 Å². The molecule has 0 aromatic carbocycles. The van der Waals surface area contributed by atoms with Gasteiger partial charge in [-0.3, -0.25) is 0 Å². The molecule has 1 heterocycles. The standard InChI is InChI=1S/C14H28N4O2S/c1-7-8-15-12(14(4,5)21(6,19)20)9-13-16-10-17-18(13)11(2)3/h10-12,15H,7-9H2,1-6H3. The zero-order chi connectivity index (χ0) is 16.3. The van der Waals surface area contributed by atoms with Gasteiger partial charge in [-0.15, -0.1) is 0 Å². The molecule has 0 aliphatic heterocycles. The van der Waals surface area contributed by atoms with Gasteiger partial charge in [-0.2, -0.15) is 5.10 Å². The van der Waals surface area contributed by atoms with Gasteiger partial charge in [0.05, 0.1) is 4.75 Å². The molecule has 7 heteroatoms. The zero-order valence-corrected chi connectivity index (χ0v) is 14.7. The number of nitrogens with one attached hydrogen (secondary N) is 1. The fourth-order valence-corrected chi connectivity index (χ4v) is 2.86. The lowest BCUT2D eigenvalue weighted by Crippen LogP contribution is -2.53. The zero-order valence-electron chi connectivity index (χ0n) is 13.9. The van der Waals surface area contributed by atoms with E-state index in [2.05, 4.69) is 22.3 Å². The molecule has 0 bridgehead atoms. The maximum atomic E-state index is 12.1. The van der Waals surface area contributed by atoms with Crippen LogP contribution in [-0.2, 0) is 16.3 Å². The van der Waals surface area contributed by atoms with Gasteiger partial charge in [-0.25, -0.2) is 18.1 Å². The number of hydrogen-bond donors (Lipinski definition) is 1. The summed E-state index contributed by atoms with van der Waals surface area (Å²) in [5, 5.41) is 7.58. The lowest BCUT2D eigenvalue weighted by atomic mass is 9.99. The van der Waals surface area contributed by atoms with Crippen molar-refractivity contribution >= 4 is 9.84 Å². The molecule has 1 rings (SSSR count). The molecule has 0 aliphatic rings. The van der Waals surface area contributed by atoms with Gasteiger partial charge in [0.1, 0.15) is 12.2 Å². The lowest BCUT2D eigenvalue weighted by molar-refractivity contribution is 0.387. The van der Waals surface area contributed by atoms with Crippen LogP contribution >= 0.6 is 0 Å². The van der Waals surface area contributed by atoms with E-state index < -0.39 is 14.6 Å². The van der Waals surface area contributed by atoms with E-state index in [1.54, 1.807) is 13.8 Å². The van der Waals surface area contributed by atoms with E-state index in [0.29, 0.717) is 6.42 Å². The Morgan fingerprint density at radius 1 is 1.38 bits per heavy atom. The van der Waals surface area contributed by atoms with E-state index in [4.69, 9.17) is 0 Å². The summed E-state index contributed by atoms with van der Waals surface area (Å²) in [6.07, 6.45) is 4.31. The van der Waals surface area contributed by atoms with Crippen molar-refractivity contribution in [2.75, 3.05) is 12.8 Å². The molecule has 0 radical (unpaired) electrons. The fourth-order valence-electron chi connectivity index (χ4n) is 2.17. The second-order valence-electron chi connectivity index (χ2n) is 6.30. The van der Waals surface area contributed by atoms with E-state index in [0.717, 1.165) is 18.8 Å². The van der Waals surface area contributed by atoms with E-state index in [-0.39, 0.29) is 12.1 Å². The van der Waals surface area contributed by atoms with Crippen LogP contribution in [0.15, 0.2) is 6.33 Å². The molecule has 0 spiro atoms. The van der Waals surface area contributed by atoms with Crippen LogP contribution in [0.25, 0.3) is 0 Å². The van der Waals surface area contributed by atoms with E-state index in [1.807, 2.05) is 18.5 Å². The number of rotatable bonds is 8. The highest BCUT2D eigenvalue weighted by molar-refractivity contribution is 7.92. The number of sulfone groups is 1. The number of nitrogens with zero attached hydrogens (tertiary/aromatic N) is 3. The highest BCUT2D eigenvalue weighted by atomic mass is 32.2. The fraction of sp³-hybridized carbons (Fsp3) is 0.857. The summed E-state index contributed by atoms with van der Waals surface area (Å²) in [4.78, 5) is 4.30. The quantitative estimate of drug-likeness (QED) is 0.788. The minimum Gasteiger partial charge on any atom is -0.312 e. The molecule has 6 nitrogen and oxygen atoms in total. The molecule has 0 aliphatic carbocycles. The summed E-state index contributed by atoms with van der Waals surface area (Å²) in [6.45, 7) is 10.5. The summed E-state index contributed by atoms with van der Waals surface area (Å²) in [6, 6.07) is 0.00446. The van der Waals surface area contributed by atoms with Crippen molar-refractivity contribution in [1.82, 2.24) is 20.1 Å². The first-order valence-corrected chi connectivity index (χ1v) is 9.31. The first-order valence-electron chi connectivity index (χ1n) is 7.42. The first-order chi connectivity index (χ1) is 9.61. The van der Waals surface area contributed by atoms with E-state index in [1.165, 1.54) is 12.6 Å². The summed E-state index contributed by atoms with van der Waals surface area (Å²) in [5.41, 5.74) is 0. The SMILES string of the molecule is CCCNC(Cc1ncnn1C(C)C)C(C)(C)S(C)(=O)=O. The molecule has 1 aromatic heterocycles. The number of aromatic nitrogens is 3. The maximum Gasteiger partial charge on any atom is 0.154 e. The van der Waals surface area contributed by atoms with Crippen molar-refractivity contribution < 1.29 is 8.42 Å². The van der Waals surface area contributed by atoms with Crippen molar-refractivity contribution in [2.45, 2.75) is 64.3 Å². The van der Waals surface area contributed by atoms with Crippen molar-refractivity contribution in [3.05, 3.63) is 12.2 Å². The minimum absolute atomic E-state index is 0.200. The second-order valence-corrected chi connectivity index (χ2v) is 8.90. The Labute approximate surface area is 128 Å². The third-order valence-electron chi connectivity index (χ3n) is 3.96. The Hall–Kier alpha value is -0.950. The van der Waals surface area contributed by atoms with Crippen molar-refractivity contribution in [3.8, 4) is 0 Å². The topological polar surface area (TPSA) is 76.9 Å². The van der Waals surface area contributed by atoms with E-state index >= 15 is 0 Å². The first kappa shape index (κ1) is 18.1. The molecule has 0 fully saturated rings. The van der Waals surface area contributed by atoms with E-state index in [9.17, 15) is 8.42 Å². The van der Waals surface area contributed by atoms with Gasteiger partial charge in [0.15, 0.2) is 9.84 Å². The van der Waals surface area contributed by atoms with Crippen LogP contribution in [0.4, 0.5) is 0 Å². The van der Waals surface area contributed by atoms with Crippen molar-refractivity contribution in [1.29, 1.82) is 0 Å². The average Bonchev–Trinajstić information content (AvgIpc) is 2.80. The van der Waals surface area contributed by atoms with Crippen LogP contribution in [0.2, 0.25) is 0 Å². The predicted octanol–water partition coefficient (Wildman–Crippen LogP) is 1.59. The third kappa shape index (κ3) is 4.26. The van der Waals surface area contributed by atoms with Crippen LogP contribution in [0, 0.1) is 0 Å². The lowest BCUT2D eigenvalue weighted by Gasteiger charge is -2.33. The molecular formula is C14H28N4O2S. The van der Waals surface area contributed by atoms with Gasteiger partial charge >= 0.3 is 0 Å². The van der Waals surface area contributed by atoms with Crippen LogP contribution in [0.5, 0.6) is 0 Å². The minimum atomic E-state index is -3.19. The van der Waals surface area contributed by atoms with Gasteiger partial charge in [0, 0.05) is 24.8 Å². The van der Waals surface area contributed by atoms with Crippen LogP contribution in [-0.4, -0.2) is 46.8 Å². The molecule has 21 heavy (non-hydrogen) atoms. The van der Waals surface area contributed by atoms with Gasteiger partial charge in [0.25, 0.3) is 0 Å². The van der Waals surface area contributed by atoms with Gasteiger partial charge in [-0.05, 0) is 40.7 Å². The highest BCUT2D eigenvalue weighted by Gasteiger charge is 2.39. The summed E-state index contributed by atoms with van der Waals surface area (Å²) < 4.78 is 25.2. The van der Waals surface area contributed by atoms with Crippen molar-refractivity contribution in [3.63, 3.8) is 0 Å². The Morgan fingerprint density at radius 2 is 2.00 bits per heavy atom. The Bertz CT molecular complexity index is 549. The van der Waals surface area contributed by atoms with Crippen LogP contribution < -0.4 is 5.32 Å². The second kappa shape index (κ2) is 6.87. The highest BCUT2D eigenvalue weighted by Crippen LogP contribution is 2.23. The average molecular weight is 316 g/mol. The van der Waals surface area contributed by atoms with Gasteiger partial charge in [0.2, 0.25) is 0 Å². The Balaban J connectivity index is 3.06. The molecule has 1 N–H and O–H groups in total. The van der Waals surface area contributed by atoms with Crippen LogP contribution in [0.1, 0.15) is 52.9 Å². The van der Waals surface area contributed by atoms with Crippen LogP contribution in [0.3, 0.4) is 0 Å². The molecule has 0 amide bonds. The maximum absolute atomic E-state index is 12.1. The Morgan fingerprint density at radius 3 is 2.48 bits per heavy atom. The smallest absolute Gasteiger partial charge is 0.154 e. The molecular weight excluding hydrogens is 288 g/mol. The van der Waals surface area contributed by atoms with Gasteiger partial charge < -0.3 is 5.32 Å². The molecule has 0 saturated carbocycles. The Kier molecular flexibility index (Phi) is 5.92. The molecule has 1 unspecified atom stereocenters. The predicted molar refractivity (Wildman–Crippen MR) is 85.1 cm³/mol. The summed E-state index contributed by atoms with van der Waals surface area (Å²) >= 11 is 0. The largest absolute Gasteiger partial charge is 0.312 e. The number of hydrogen-bond acceptors (Lipinski definition) is 5. The third-order valence-corrected chi connectivity index (χ3v) is 6.15. The molecule has 122 valence electrons. The molecule has 1 aromatic rings. The monoisotopic (exact) mass is 316 g/mol.